The molecule has 108 valence electrons. The fourth-order valence-electron chi connectivity index (χ4n) is 2.31. The highest BCUT2D eigenvalue weighted by Crippen LogP contribution is 2.25. The maximum atomic E-state index is 9.05. The van der Waals surface area contributed by atoms with Crippen molar-refractivity contribution in [2.75, 3.05) is 0 Å². The number of imidazole rings is 1. The van der Waals surface area contributed by atoms with E-state index in [4.69, 9.17) is 5.11 Å². The van der Waals surface area contributed by atoms with Crippen molar-refractivity contribution >= 4 is 11.2 Å². The second kappa shape index (κ2) is 5.05. The quantitative estimate of drug-likeness (QED) is 0.599. The van der Waals surface area contributed by atoms with Crippen LogP contribution in [0.15, 0.2) is 49.3 Å². The van der Waals surface area contributed by atoms with E-state index < -0.39 is 0 Å². The average molecular weight is 292 g/mol. The molecule has 0 spiro atoms. The van der Waals surface area contributed by atoms with Gasteiger partial charge >= 0.3 is 0 Å². The molecular formula is C15H12N6O. The van der Waals surface area contributed by atoms with Crippen molar-refractivity contribution in [2.24, 2.45) is 0 Å². The molecule has 4 rings (SSSR count). The minimum atomic E-state index is -0.0220. The van der Waals surface area contributed by atoms with E-state index in [1.807, 2.05) is 24.4 Å². The third kappa shape index (κ3) is 2.04. The Morgan fingerprint density at radius 3 is 2.86 bits per heavy atom. The number of hydrogen-bond donors (Lipinski definition) is 2. The average Bonchev–Trinajstić information content (AvgIpc) is 3.24. The van der Waals surface area contributed by atoms with Gasteiger partial charge in [0.2, 0.25) is 0 Å². The van der Waals surface area contributed by atoms with Crippen LogP contribution in [0.4, 0.5) is 0 Å². The van der Waals surface area contributed by atoms with Crippen LogP contribution in [0.3, 0.4) is 0 Å². The Labute approximate surface area is 125 Å². The zero-order valence-corrected chi connectivity index (χ0v) is 11.5. The molecule has 0 fully saturated rings. The number of fused-ring (bicyclic) bond motifs is 1. The summed E-state index contributed by atoms with van der Waals surface area (Å²) in [5.74, 6) is 0.691. The van der Waals surface area contributed by atoms with Crippen molar-refractivity contribution in [1.82, 2.24) is 29.7 Å². The molecule has 4 aromatic rings. The van der Waals surface area contributed by atoms with Gasteiger partial charge in [-0.2, -0.15) is 5.10 Å². The molecule has 2 N–H and O–H groups in total. The van der Waals surface area contributed by atoms with Crippen molar-refractivity contribution in [1.29, 1.82) is 0 Å². The van der Waals surface area contributed by atoms with E-state index in [2.05, 4.69) is 25.0 Å². The molecule has 4 aromatic heterocycles. The number of H-pyrrole nitrogens is 1. The number of nitrogens with one attached hydrogen (secondary N) is 1. The molecule has 0 aliphatic rings. The first kappa shape index (κ1) is 12.7. The highest BCUT2D eigenvalue weighted by Gasteiger charge is 2.10. The van der Waals surface area contributed by atoms with Gasteiger partial charge < -0.3 is 10.1 Å². The highest BCUT2D eigenvalue weighted by molar-refractivity contribution is 5.88. The van der Waals surface area contributed by atoms with Gasteiger partial charge in [0.1, 0.15) is 5.52 Å². The molecule has 22 heavy (non-hydrogen) atoms. The fourth-order valence-corrected chi connectivity index (χ4v) is 2.31. The largest absolute Gasteiger partial charge is 0.392 e. The van der Waals surface area contributed by atoms with Crippen molar-refractivity contribution < 1.29 is 5.11 Å². The first-order valence-corrected chi connectivity index (χ1v) is 6.74. The molecule has 0 aromatic carbocycles. The van der Waals surface area contributed by atoms with Crippen LogP contribution in [-0.2, 0) is 6.61 Å². The Balaban J connectivity index is 1.76. The topological polar surface area (TPSA) is 92.5 Å². The van der Waals surface area contributed by atoms with Crippen LogP contribution in [0.5, 0.6) is 0 Å². The number of nitrogens with zero attached hydrogens (tertiary/aromatic N) is 5. The normalized spacial score (nSPS) is 11.1. The zero-order chi connectivity index (χ0) is 14.9. The number of pyridine rings is 2. The summed E-state index contributed by atoms with van der Waals surface area (Å²) in [6.07, 6.45) is 8.66. The predicted molar refractivity (Wildman–Crippen MR) is 80.2 cm³/mol. The van der Waals surface area contributed by atoms with Gasteiger partial charge in [-0.05, 0) is 17.7 Å². The third-order valence-electron chi connectivity index (χ3n) is 3.44. The number of aromatic nitrogens is 6. The number of aliphatic hydroxyl groups is 1. The number of hydrogen-bond acceptors (Lipinski definition) is 5. The summed E-state index contributed by atoms with van der Waals surface area (Å²) in [4.78, 5) is 15.8. The van der Waals surface area contributed by atoms with Crippen molar-refractivity contribution in [3.05, 3.63) is 54.9 Å². The van der Waals surface area contributed by atoms with Crippen molar-refractivity contribution in [3.8, 4) is 16.9 Å². The summed E-state index contributed by atoms with van der Waals surface area (Å²) >= 11 is 0. The van der Waals surface area contributed by atoms with Crippen LogP contribution in [0.2, 0.25) is 0 Å². The summed E-state index contributed by atoms with van der Waals surface area (Å²) in [6.45, 7) is -0.0220. The standard InChI is InChI=1S/C15H12N6O/c22-8-10-1-2-13(17-5-10)21-7-11(6-20-21)12-3-4-16-15-14(12)18-9-19-15/h1-7,9,22H,8H2,(H,16,18,19). The lowest BCUT2D eigenvalue weighted by atomic mass is 10.1. The van der Waals surface area contributed by atoms with E-state index >= 15 is 0 Å². The number of aliphatic hydroxyl groups excluding tert-OH is 1. The summed E-state index contributed by atoms with van der Waals surface area (Å²) in [5, 5.41) is 13.4. The van der Waals surface area contributed by atoms with E-state index in [0.29, 0.717) is 5.82 Å². The van der Waals surface area contributed by atoms with Crippen LogP contribution in [0.25, 0.3) is 28.1 Å². The van der Waals surface area contributed by atoms with Crippen LogP contribution < -0.4 is 0 Å². The van der Waals surface area contributed by atoms with Crippen LogP contribution in [0.1, 0.15) is 5.56 Å². The van der Waals surface area contributed by atoms with Gasteiger partial charge in [-0.3, -0.25) is 0 Å². The Morgan fingerprint density at radius 1 is 1.09 bits per heavy atom. The lowest BCUT2D eigenvalue weighted by Crippen LogP contribution is -1.98. The Morgan fingerprint density at radius 2 is 2.05 bits per heavy atom. The highest BCUT2D eigenvalue weighted by atomic mass is 16.3. The Kier molecular flexibility index (Phi) is 2.90. The van der Waals surface area contributed by atoms with Gasteiger partial charge in [0.15, 0.2) is 11.5 Å². The van der Waals surface area contributed by atoms with Gasteiger partial charge in [-0.25, -0.2) is 19.6 Å². The smallest absolute Gasteiger partial charge is 0.157 e. The Bertz CT molecular complexity index is 925. The minimum absolute atomic E-state index is 0.0220. The maximum Gasteiger partial charge on any atom is 0.157 e. The Hall–Kier alpha value is -3.06. The molecule has 4 heterocycles. The molecule has 0 saturated carbocycles. The van der Waals surface area contributed by atoms with Gasteiger partial charge in [0, 0.05) is 29.7 Å². The fraction of sp³-hybridized carbons (Fsp3) is 0.0667. The predicted octanol–water partition coefficient (Wildman–Crippen LogP) is 1.70. The number of rotatable bonds is 3. The van der Waals surface area contributed by atoms with Gasteiger partial charge in [-0.15, -0.1) is 0 Å². The summed E-state index contributed by atoms with van der Waals surface area (Å²) in [5.41, 5.74) is 4.22. The van der Waals surface area contributed by atoms with Crippen molar-refractivity contribution in [2.45, 2.75) is 6.61 Å². The molecule has 0 aliphatic heterocycles. The lowest BCUT2D eigenvalue weighted by molar-refractivity contribution is 0.281. The monoisotopic (exact) mass is 292 g/mol. The molecule has 0 radical (unpaired) electrons. The van der Waals surface area contributed by atoms with Gasteiger partial charge in [0.25, 0.3) is 0 Å². The SMILES string of the molecule is OCc1ccc(-n2cc(-c3ccnc4[nH]cnc34)cn2)nc1. The van der Waals surface area contributed by atoms with E-state index in [-0.39, 0.29) is 6.61 Å². The number of aromatic amines is 1. The van der Waals surface area contributed by atoms with Gasteiger partial charge in [-0.1, -0.05) is 6.07 Å². The zero-order valence-electron chi connectivity index (χ0n) is 11.5. The molecule has 0 bridgehead atoms. The van der Waals surface area contributed by atoms with Gasteiger partial charge in [0.05, 0.1) is 19.1 Å². The molecular weight excluding hydrogens is 280 g/mol. The lowest BCUT2D eigenvalue weighted by Gasteiger charge is -2.01. The van der Waals surface area contributed by atoms with E-state index in [1.165, 1.54) is 0 Å². The van der Waals surface area contributed by atoms with Crippen LogP contribution in [0, 0.1) is 0 Å². The molecule has 0 atom stereocenters. The summed E-state index contributed by atoms with van der Waals surface area (Å²) < 4.78 is 1.69. The molecule has 7 nitrogen and oxygen atoms in total. The van der Waals surface area contributed by atoms with Crippen LogP contribution >= 0.6 is 0 Å². The summed E-state index contributed by atoms with van der Waals surface area (Å²) in [7, 11) is 0. The first-order chi connectivity index (χ1) is 10.8. The van der Waals surface area contributed by atoms with Crippen LogP contribution in [-0.4, -0.2) is 34.8 Å². The van der Waals surface area contributed by atoms with Crippen molar-refractivity contribution in [3.63, 3.8) is 0 Å². The third-order valence-corrected chi connectivity index (χ3v) is 3.44. The molecule has 0 unspecified atom stereocenters. The van der Waals surface area contributed by atoms with E-state index in [1.54, 1.807) is 29.6 Å². The molecule has 0 aliphatic carbocycles. The second-order valence-corrected chi connectivity index (χ2v) is 4.81. The molecule has 0 saturated heterocycles. The molecule has 7 heteroatoms. The summed E-state index contributed by atoms with van der Waals surface area (Å²) in [6, 6.07) is 5.55. The van der Waals surface area contributed by atoms with E-state index in [9.17, 15) is 0 Å². The minimum Gasteiger partial charge on any atom is -0.392 e. The van der Waals surface area contributed by atoms with E-state index in [0.717, 1.165) is 27.9 Å². The molecule has 0 amide bonds. The maximum absolute atomic E-state index is 9.05. The first-order valence-electron chi connectivity index (χ1n) is 6.74. The second-order valence-electron chi connectivity index (χ2n) is 4.81.